The molecular formula is C26H23FN4O2. The Morgan fingerprint density at radius 2 is 1.64 bits per heavy atom. The van der Waals surface area contributed by atoms with Gasteiger partial charge >= 0.3 is 0 Å². The standard InChI is InChI=1S/C26H23FN4O2/c1-2-14-33-22-13-10-20(25(32)15-22)17-28-31-26-29-23(18-6-4-3-5-7-18)16-24(30-26)19-8-11-21(27)12-9-19/h3-13,15-17,32H,2,14H2,1H3,(H,29,30,31)/b28-17+. The van der Waals surface area contributed by atoms with Crippen LogP contribution in [0.2, 0.25) is 0 Å². The van der Waals surface area contributed by atoms with E-state index in [9.17, 15) is 9.50 Å². The van der Waals surface area contributed by atoms with E-state index in [0.29, 0.717) is 29.3 Å². The molecule has 3 aromatic carbocycles. The SMILES string of the molecule is CCCOc1ccc(/C=N/Nc2nc(-c3ccccc3)cc(-c3ccc(F)cc3)n2)c(O)c1. The summed E-state index contributed by atoms with van der Waals surface area (Å²) in [6.07, 6.45) is 2.37. The van der Waals surface area contributed by atoms with E-state index >= 15 is 0 Å². The average Bonchev–Trinajstić information content (AvgIpc) is 2.85. The minimum atomic E-state index is -0.315. The van der Waals surface area contributed by atoms with Crippen molar-refractivity contribution in [2.75, 3.05) is 12.0 Å². The second-order valence-corrected chi connectivity index (χ2v) is 7.27. The summed E-state index contributed by atoms with van der Waals surface area (Å²) in [6, 6.07) is 22.7. The van der Waals surface area contributed by atoms with Gasteiger partial charge in [-0.2, -0.15) is 5.10 Å². The molecule has 2 N–H and O–H groups in total. The van der Waals surface area contributed by atoms with Crippen LogP contribution in [0.25, 0.3) is 22.5 Å². The molecule has 1 aromatic heterocycles. The Bertz CT molecular complexity index is 1250. The Morgan fingerprint density at radius 1 is 0.939 bits per heavy atom. The zero-order valence-electron chi connectivity index (χ0n) is 18.1. The molecule has 0 fully saturated rings. The number of phenolic OH excluding ortho intramolecular Hbond substituents is 1. The topological polar surface area (TPSA) is 79.6 Å². The lowest BCUT2D eigenvalue weighted by molar-refractivity contribution is 0.315. The van der Waals surface area contributed by atoms with Crippen LogP contribution in [0.4, 0.5) is 10.3 Å². The van der Waals surface area contributed by atoms with E-state index in [4.69, 9.17) is 4.74 Å². The molecule has 4 rings (SSSR count). The van der Waals surface area contributed by atoms with Crippen LogP contribution in [-0.4, -0.2) is 27.9 Å². The van der Waals surface area contributed by atoms with Gasteiger partial charge in [0.1, 0.15) is 17.3 Å². The first-order valence-electron chi connectivity index (χ1n) is 10.6. The van der Waals surface area contributed by atoms with E-state index in [1.165, 1.54) is 18.3 Å². The van der Waals surface area contributed by atoms with E-state index in [1.807, 2.05) is 43.3 Å². The first-order chi connectivity index (χ1) is 16.1. The quantitative estimate of drug-likeness (QED) is 0.263. The van der Waals surface area contributed by atoms with Gasteiger partial charge in [-0.05, 0) is 48.9 Å². The van der Waals surface area contributed by atoms with Crippen molar-refractivity contribution in [3.63, 3.8) is 0 Å². The molecule has 0 saturated heterocycles. The summed E-state index contributed by atoms with van der Waals surface area (Å²) in [7, 11) is 0. The first kappa shape index (κ1) is 22.0. The van der Waals surface area contributed by atoms with E-state index in [2.05, 4.69) is 20.5 Å². The number of phenols is 1. The second kappa shape index (κ2) is 10.4. The molecule has 166 valence electrons. The highest BCUT2D eigenvalue weighted by atomic mass is 19.1. The van der Waals surface area contributed by atoms with Crippen molar-refractivity contribution in [3.8, 4) is 34.0 Å². The number of halogens is 1. The van der Waals surface area contributed by atoms with Crippen LogP contribution in [0, 0.1) is 5.82 Å². The van der Waals surface area contributed by atoms with Gasteiger partial charge in [0.25, 0.3) is 0 Å². The zero-order chi connectivity index (χ0) is 23.0. The lowest BCUT2D eigenvalue weighted by Gasteiger charge is -2.09. The van der Waals surface area contributed by atoms with Gasteiger partial charge in [0.05, 0.1) is 24.2 Å². The van der Waals surface area contributed by atoms with E-state index in [-0.39, 0.29) is 17.5 Å². The third-order valence-corrected chi connectivity index (χ3v) is 4.78. The Labute approximate surface area is 191 Å². The lowest BCUT2D eigenvalue weighted by atomic mass is 10.1. The number of rotatable bonds is 8. The number of ether oxygens (including phenoxy) is 1. The number of nitrogens with one attached hydrogen (secondary N) is 1. The molecule has 0 aliphatic rings. The third-order valence-electron chi connectivity index (χ3n) is 4.78. The van der Waals surface area contributed by atoms with Gasteiger partial charge in [-0.15, -0.1) is 0 Å². The highest BCUT2D eigenvalue weighted by Gasteiger charge is 2.09. The van der Waals surface area contributed by atoms with Crippen molar-refractivity contribution in [2.24, 2.45) is 5.10 Å². The van der Waals surface area contributed by atoms with Gasteiger partial charge in [0.15, 0.2) is 0 Å². The monoisotopic (exact) mass is 442 g/mol. The predicted molar refractivity (Wildman–Crippen MR) is 128 cm³/mol. The fourth-order valence-corrected chi connectivity index (χ4v) is 3.12. The molecule has 0 atom stereocenters. The van der Waals surface area contributed by atoms with Crippen LogP contribution in [0.15, 0.2) is 84.0 Å². The molecule has 33 heavy (non-hydrogen) atoms. The molecule has 0 aliphatic heterocycles. The number of hydrogen-bond donors (Lipinski definition) is 2. The number of hydrogen-bond acceptors (Lipinski definition) is 6. The van der Waals surface area contributed by atoms with Crippen molar-refractivity contribution in [3.05, 3.63) is 90.2 Å². The van der Waals surface area contributed by atoms with Gasteiger partial charge in [0.2, 0.25) is 5.95 Å². The largest absolute Gasteiger partial charge is 0.507 e. The minimum absolute atomic E-state index is 0.0557. The van der Waals surface area contributed by atoms with Crippen molar-refractivity contribution in [2.45, 2.75) is 13.3 Å². The molecule has 0 spiro atoms. The normalized spacial score (nSPS) is 11.0. The molecule has 0 aliphatic carbocycles. The van der Waals surface area contributed by atoms with Crippen molar-refractivity contribution >= 4 is 12.2 Å². The molecule has 7 heteroatoms. The number of anilines is 1. The van der Waals surface area contributed by atoms with Crippen LogP contribution in [-0.2, 0) is 0 Å². The summed E-state index contributed by atoms with van der Waals surface area (Å²) in [5.41, 5.74) is 6.34. The van der Waals surface area contributed by atoms with Crippen LogP contribution in [0.3, 0.4) is 0 Å². The summed E-state index contributed by atoms with van der Waals surface area (Å²) in [5, 5.41) is 14.4. The first-order valence-corrected chi connectivity index (χ1v) is 10.6. The Kier molecular flexibility index (Phi) is 6.90. The van der Waals surface area contributed by atoms with Crippen LogP contribution < -0.4 is 10.2 Å². The molecule has 1 heterocycles. The Balaban J connectivity index is 1.60. The molecule has 6 nitrogen and oxygen atoms in total. The molecule has 4 aromatic rings. The molecule has 0 unspecified atom stereocenters. The van der Waals surface area contributed by atoms with Gasteiger partial charge in [0, 0.05) is 22.8 Å². The second-order valence-electron chi connectivity index (χ2n) is 7.27. The van der Waals surface area contributed by atoms with Crippen LogP contribution in [0.5, 0.6) is 11.5 Å². The minimum Gasteiger partial charge on any atom is -0.507 e. The van der Waals surface area contributed by atoms with E-state index in [1.54, 1.807) is 30.3 Å². The van der Waals surface area contributed by atoms with Crippen molar-refractivity contribution in [1.29, 1.82) is 0 Å². The molecule has 0 bridgehead atoms. The van der Waals surface area contributed by atoms with E-state index in [0.717, 1.165) is 17.5 Å². The van der Waals surface area contributed by atoms with Crippen molar-refractivity contribution < 1.29 is 14.2 Å². The molecule has 0 amide bonds. The summed E-state index contributed by atoms with van der Waals surface area (Å²) < 4.78 is 18.9. The van der Waals surface area contributed by atoms with Crippen LogP contribution >= 0.6 is 0 Å². The summed E-state index contributed by atoms with van der Waals surface area (Å²) in [5.74, 6) is 0.613. The molecule has 0 saturated carbocycles. The number of aromatic hydroxyl groups is 1. The van der Waals surface area contributed by atoms with E-state index < -0.39 is 0 Å². The Hall–Kier alpha value is -4.26. The van der Waals surface area contributed by atoms with Gasteiger partial charge in [-0.3, -0.25) is 0 Å². The van der Waals surface area contributed by atoms with Crippen LogP contribution in [0.1, 0.15) is 18.9 Å². The maximum atomic E-state index is 13.4. The molecule has 0 radical (unpaired) electrons. The van der Waals surface area contributed by atoms with Gasteiger partial charge in [-0.25, -0.2) is 19.8 Å². The predicted octanol–water partition coefficient (Wildman–Crippen LogP) is 5.89. The third kappa shape index (κ3) is 5.71. The fourth-order valence-electron chi connectivity index (χ4n) is 3.12. The number of aromatic nitrogens is 2. The maximum Gasteiger partial charge on any atom is 0.244 e. The maximum absolute atomic E-state index is 13.4. The highest BCUT2D eigenvalue weighted by molar-refractivity contribution is 5.84. The highest BCUT2D eigenvalue weighted by Crippen LogP contribution is 2.26. The smallest absolute Gasteiger partial charge is 0.244 e. The average molecular weight is 442 g/mol. The zero-order valence-corrected chi connectivity index (χ0v) is 18.1. The summed E-state index contributed by atoms with van der Waals surface area (Å²) in [4.78, 5) is 9.07. The molecular weight excluding hydrogens is 419 g/mol. The Morgan fingerprint density at radius 3 is 2.30 bits per heavy atom. The number of benzene rings is 3. The number of nitrogens with zero attached hydrogens (tertiary/aromatic N) is 3. The summed E-state index contributed by atoms with van der Waals surface area (Å²) in [6.45, 7) is 2.60. The summed E-state index contributed by atoms with van der Waals surface area (Å²) >= 11 is 0. The fraction of sp³-hybridized carbons (Fsp3) is 0.115. The number of hydrazone groups is 1. The lowest BCUT2D eigenvalue weighted by Crippen LogP contribution is -2.00. The van der Waals surface area contributed by atoms with Crippen molar-refractivity contribution in [1.82, 2.24) is 9.97 Å². The van der Waals surface area contributed by atoms with Gasteiger partial charge < -0.3 is 9.84 Å². The van der Waals surface area contributed by atoms with Gasteiger partial charge in [-0.1, -0.05) is 37.3 Å².